The molecule has 1 aliphatic heterocycles. The highest BCUT2D eigenvalue weighted by Crippen LogP contribution is 2.37. The van der Waals surface area contributed by atoms with Crippen LogP contribution in [0.1, 0.15) is 12.8 Å². The molecule has 4 rings (SSSR count). The van der Waals surface area contributed by atoms with E-state index in [-0.39, 0.29) is 11.5 Å². The maximum Gasteiger partial charge on any atom is 0.353 e. The van der Waals surface area contributed by atoms with E-state index in [0.717, 1.165) is 19.2 Å². The van der Waals surface area contributed by atoms with E-state index in [1.807, 2.05) is 34.9 Å². The predicted molar refractivity (Wildman–Crippen MR) is 137 cm³/mol. The third-order valence-electron chi connectivity index (χ3n) is 5.26. The summed E-state index contributed by atoms with van der Waals surface area (Å²) < 4.78 is 0. The zero-order valence-corrected chi connectivity index (χ0v) is 19.1. The summed E-state index contributed by atoms with van der Waals surface area (Å²) in [6, 6.07) is 17.3. The normalized spacial score (nSPS) is 14.6. The lowest BCUT2D eigenvalue weighted by Crippen LogP contribution is -2.35. The van der Waals surface area contributed by atoms with Crippen LogP contribution in [0.5, 0.6) is 0 Å². The topological polar surface area (TPSA) is 135 Å². The van der Waals surface area contributed by atoms with E-state index in [2.05, 4.69) is 37.4 Å². The monoisotopic (exact) mass is 476 g/mol. The van der Waals surface area contributed by atoms with Crippen LogP contribution >= 0.6 is 11.8 Å². The molecule has 0 saturated carbocycles. The van der Waals surface area contributed by atoms with Gasteiger partial charge in [0.2, 0.25) is 11.6 Å². The van der Waals surface area contributed by atoms with Crippen molar-refractivity contribution in [1.29, 1.82) is 0 Å². The molecule has 0 radical (unpaired) electrons. The predicted octanol–water partition coefficient (Wildman–Crippen LogP) is 4.54. The third kappa shape index (κ3) is 5.87. The van der Waals surface area contributed by atoms with Gasteiger partial charge in [-0.15, -0.1) is 11.8 Å². The summed E-state index contributed by atoms with van der Waals surface area (Å²) in [5.41, 5.74) is 6.37. The van der Waals surface area contributed by atoms with Gasteiger partial charge in [0.25, 0.3) is 0 Å². The van der Waals surface area contributed by atoms with Crippen LogP contribution in [0.25, 0.3) is 0 Å². The summed E-state index contributed by atoms with van der Waals surface area (Å²) >= 11 is 1.86. The van der Waals surface area contributed by atoms with Gasteiger partial charge in [-0.3, -0.25) is 10.1 Å². The van der Waals surface area contributed by atoms with Gasteiger partial charge in [-0.1, -0.05) is 18.2 Å². The number of piperidine rings is 1. The number of benzene rings is 2. The van der Waals surface area contributed by atoms with Crippen molar-refractivity contribution in [2.75, 3.05) is 23.3 Å². The molecule has 1 fully saturated rings. The minimum absolute atomic E-state index is 0.129. The Bertz CT molecular complexity index is 1160. The molecule has 3 N–H and O–H groups in total. The quantitative estimate of drug-likeness (QED) is 0.209. The van der Waals surface area contributed by atoms with Gasteiger partial charge in [-0.05, 0) is 49.2 Å². The van der Waals surface area contributed by atoms with Crippen LogP contribution in [-0.4, -0.2) is 45.9 Å². The summed E-state index contributed by atoms with van der Waals surface area (Å²) in [6.07, 6.45) is 5.68. The Kier molecular flexibility index (Phi) is 7.66. The van der Waals surface area contributed by atoms with E-state index in [9.17, 15) is 10.1 Å². The summed E-state index contributed by atoms with van der Waals surface area (Å²) in [7, 11) is 0. The Morgan fingerprint density at radius 2 is 1.85 bits per heavy atom. The highest BCUT2D eigenvalue weighted by Gasteiger charge is 2.30. The van der Waals surface area contributed by atoms with E-state index < -0.39 is 4.92 Å². The zero-order chi connectivity index (χ0) is 23.8. The first-order valence-corrected chi connectivity index (χ1v) is 11.6. The molecule has 0 atom stereocenters. The minimum Gasteiger partial charge on any atom is -0.390 e. The molecule has 0 spiro atoms. The van der Waals surface area contributed by atoms with Crippen LogP contribution in [0.15, 0.2) is 75.8 Å². The molecular weight excluding hydrogens is 452 g/mol. The highest BCUT2D eigenvalue weighted by atomic mass is 32.2. The molecule has 1 aromatic heterocycles. The molecule has 174 valence electrons. The van der Waals surface area contributed by atoms with Crippen LogP contribution in [-0.2, 0) is 0 Å². The van der Waals surface area contributed by atoms with E-state index in [1.54, 1.807) is 24.3 Å². The van der Waals surface area contributed by atoms with Crippen molar-refractivity contribution >= 4 is 53.1 Å². The number of aliphatic imine (C=N–C) groups is 2. The fraction of sp³-hybridized carbons (Fsp3) is 0.217. The number of hydrogen-bond donors (Lipinski definition) is 2. The van der Waals surface area contributed by atoms with Crippen molar-refractivity contribution < 1.29 is 4.92 Å². The summed E-state index contributed by atoms with van der Waals surface area (Å²) in [5.74, 6) is 0.492. The second-order valence-corrected chi connectivity index (χ2v) is 8.86. The van der Waals surface area contributed by atoms with Crippen molar-refractivity contribution in [2.45, 2.75) is 23.0 Å². The number of nitrogens with one attached hydrogen (secondary N) is 1. The summed E-state index contributed by atoms with van der Waals surface area (Å²) in [5, 5.41) is 15.5. The zero-order valence-electron chi connectivity index (χ0n) is 18.3. The van der Waals surface area contributed by atoms with E-state index in [0.29, 0.717) is 35.5 Å². The van der Waals surface area contributed by atoms with Gasteiger partial charge in [0.05, 0.1) is 16.9 Å². The molecule has 0 bridgehead atoms. The Morgan fingerprint density at radius 1 is 1.12 bits per heavy atom. The van der Waals surface area contributed by atoms with Crippen molar-refractivity contribution in [3.63, 3.8) is 0 Å². The van der Waals surface area contributed by atoms with Crippen LogP contribution in [0, 0.1) is 10.1 Å². The smallest absolute Gasteiger partial charge is 0.353 e. The standard InChI is InChI=1S/C23H24N8O2S/c24-14-25-15-26-17-6-8-18(9-7-17)29-22-21(31(32)33)23(28-16-27-22)30-12-10-20(11-13-30)34-19-4-2-1-3-5-19/h1-9,14-16,20H,10-13H2,(H2,24,25,26)(H,27,28,29). The Hall–Kier alpha value is -3.99. The van der Waals surface area contributed by atoms with Gasteiger partial charge in [0.15, 0.2) is 0 Å². The van der Waals surface area contributed by atoms with Crippen molar-refractivity contribution in [3.05, 3.63) is 71.0 Å². The fourth-order valence-electron chi connectivity index (χ4n) is 3.64. The molecule has 2 heterocycles. The SMILES string of the molecule is NC=NC=Nc1ccc(Nc2ncnc(N3CCC(Sc4ccccc4)CC3)c2[N+](=O)[O-])cc1. The number of thioether (sulfide) groups is 1. The van der Waals surface area contributed by atoms with Crippen LogP contribution in [0.4, 0.5) is 28.7 Å². The molecule has 3 aromatic rings. The average Bonchev–Trinajstić information content (AvgIpc) is 2.86. The lowest BCUT2D eigenvalue weighted by Gasteiger charge is -2.32. The van der Waals surface area contributed by atoms with Gasteiger partial charge in [-0.2, -0.15) is 0 Å². The number of rotatable bonds is 8. The lowest BCUT2D eigenvalue weighted by atomic mass is 10.1. The van der Waals surface area contributed by atoms with Gasteiger partial charge >= 0.3 is 5.69 Å². The maximum absolute atomic E-state index is 12.0. The molecule has 0 aliphatic carbocycles. The van der Waals surface area contributed by atoms with Gasteiger partial charge in [0, 0.05) is 28.9 Å². The second-order valence-electron chi connectivity index (χ2n) is 7.48. The van der Waals surface area contributed by atoms with Gasteiger partial charge in [-0.25, -0.2) is 20.0 Å². The molecule has 34 heavy (non-hydrogen) atoms. The number of nitro groups is 1. The van der Waals surface area contributed by atoms with Crippen molar-refractivity contribution in [3.8, 4) is 0 Å². The van der Waals surface area contributed by atoms with Crippen molar-refractivity contribution in [2.24, 2.45) is 15.7 Å². The lowest BCUT2D eigenvalue weighted by molar-refractivity contribution is -0.383. The van der Waals surface area contributed by atoms with Crippen LogP contribution < -0.4 is 16.0 Å². The Balaban J connectivity index is 1.47. The number of nitrogens with two attached hydrogens (primary N) is 1. The maximum atomic E-state index is 12.0. The van der Waals surface area contributed by atoms with Crippen LogP contribution in [0.3, 0.4) is 0 Å². The third-order valence-corrected chi connectivity index (χ3v) is 6.61. The molecule has 2 aromatic carbocycles. The molecule has 0 amide bonds. The molecule has 0 unspecified atom stereocenters. The molecular formula is C23H24N8O2S. The average molecular weight is 477 g/mol. The van der Waals surface area contributed by atoms with Crippen molar-refractivity contribution in [1.82, 2.24) is 9.97 Å². The Morgan fingerprint density at radius 3 is 2.53 bits per heavy atom. The number of anilines is 3. The summed E-state index contributed by atoms with van der Waals surface area (Å²) in [6.45, 7) is 1.39. The van der Waals surface area contributed by atoms with Crippen LogP contribution in [0.2, 0.25) is 0 Å². The van der Waals surface area contributed by atoms with Gasteiger partial charge in [0.1, 0.15) is 12.7 Å². The highest BCUT2D eigenvalue weighted by molar-refractivity contribution is 8.00. The minimum atomic E-state index is -0.425. The van der Waals surface area contributed by atoms with Gasteiger partial charge < -0.3 is 16.0 Å². The number of hydrogen-bond acceptors (Lipinski definition) is 8. The molecule has 1 aliphatic rings. The Labute approximate surface area is 201 Å². The summed E-state index contributed by atoms with van der Waals surface area (Å²) in [4.78, 5) is 31.0. The first-order valence-electron chi connectivity index (χ1n) is 10.7. The van der Waals surface area contributed by atoms with E-state index >= 15 is 0 Å². The molecule has 11 heteroatoms. The first-order chi connectivity index (χ1) is 16.6. The van der Waals surface area contributed by atoms with E-state index in [4.69, 9.17) is 5.73 Å². The first kappa shape index (κ1) is 23.2. The fourth-order valence-corrected chi connectivity index (χ4v) is 4.79. The largest absolute Gasteiger partial charge is 0.390 e. The molecule has 10 nitrogen and oxygen atoms in total. The molecule has 1 saturated heterocycles. The number of nitrogens with zero attached hydrogens (tertiary/aromatic N) is 6. The van der Waals surface area contributed by atoms with E-state index in [1.165, 1.54) is 17.6 Å². The number of aromatic nitrogens is 2. The second kappa shape index (κ2) is 11.2.